The van der Waals surface area contributed by atoms with Crippen molar-refractivity contribution in [2.24, 2.45) is 5.92 Å². The van der Waals surface area contributed by atoms with Crippen LogP contribution in [-0.2, 0) is 0 Å². The van der Waals surface area contributed by atoms with Crippen molar-refractivity contribution in [3.8, 4) is 11.5 Å². The third-order valence-electron chi connectivity index (χ3n) is 2.67. The Morgan fingerprint density at radius 1 is 1.37 bits per heavy atom. The molecule has 0 aliphatic rings. The molecule has 0 fully saturated rings. The molecule has 0 aliphatic heterocycles. The predicted molar refractivity (Wildman–Crippen MR) is 76.2 cm³/mol. The van der Waals surface area contributed by atoms with Gasteiger partial charge in [-0.2, -0.15) is 8.78 Å². The van der Waals surface area contributed by atoms with Crippen molar-refractivity contribution in [2.45, 2.75) is 20.5 Å². The lowest BCUT2D eigenvalue weighted by Crippen LogP contribution is -2.05. The number of benzene rings is 1. The molecule has 0 saturated carbocycles. The Morgan fingerprint density at radius 3 is 2.53 bits per heavy atom. The summed E-state index contributed by atoms with van der Waals surface area (Å²) < 4.78 is 34.6. The van der Waals surface area contributed by atoms with Crippen LogP contribution in [-0.4, -0.2) is 19.1 Å². The molecule has 0 N–H and O–H groups in total. The van der Waals surface area contributed by atoms with E-state index in [1.54, 1.807) is 18.2 Å². The van der Waals surface area contributed by atoms with Crippen molar-refractivity contribution in [1.29, 1.82) is 0 Å². The van der Waals surface area contributed by atoms with Gasteiger partial charge in [0.1, 0.15) is 0 Å². The summed E-state index contributed by atoms with van der Waals surface area (Å²) in [5, 5.41) is 0.677. The number of allylic oxidation sites excluding steroid dienone is 1. The van der Waals surface area contributed by atoms with Gasteiger partial charge in [-0.05, 0) is 12.0 Å². The van der Waals surface area contributed by atoms with Crippen molar-refractivity contribution in [1.82, 2.24) is 0 Å². The highest BCUT2D eigenvalue weighted by atomic mass is 79.9. The van der Waals surface area contributed by atoms with Crippen molar-refractivity contribution in [3.63, 3.8) is 0 Å². The largest absolute Gasteiger partial charge is 0.493 e. The second kappa shape index (κ2) is 7.48. The molecule has 0 spiro atoms. The Labute approximate surface area is 120 Å². The fourth-order valence-electron chi connectivity index (χ4n) is 1.58. The van der Waals surface area contributed by atoms with Crippen LogP contribution in [0.1, 0.15) is 19.4 Å². The molecule has 0 aromatic heterocycles. The highest BCUT2D eigenvalue weighted by Gasteiger charge is 2.15. The molecule has 0 saturated heterocycles. The molecule has 1 aromatic carbocycles. The van der Waals surface area contributed by atoms with Crippen molar-refractivity contribution in [3.05, 3.63) is 29.3 Å². The number of para-hydroxylation sites is 1. The lowest BCUT2D eigenvalue weighted by Gasteiger charge is -2.14. The monoisotopic (exact) mass is 334 g/mol. The van der Waals surface area contributed by atoms with Crippen LogP contribution in [0, 0.1) is 5.92 Å². The number of halogens is 3. The van der Waals surface area contributed by atoms with Crippen LogP contribution < -0.4 is 9.47 Å². The van der Waals surface area contributed by atoms with Gasteiger partial charge in [0.2, 0.25) is 0 Å². The molecule has 0 radical (unpaired) electrons. The normalized spacial score (nSPS) is 12.1. The van der Waals surface area contributed by atoms with E-state index in [0.29, 0.717) is 22.6 Å². The Balaban J connectivity index is 3.25. The number of alkyl halides is 3. The highest BCUT2D eigenvalue weighted by Crippen LogP contribution is 2.34. The number of ether oxygens (including phenoxy) is 2. The average molecular weight is 335 g/mol. The minimum atomic E-state index is -2.88. The highest BCUT2D eigenvalue weighted by molar-refractivity contribution is 9.09. The van der Waals surface area contributed by atoms with Crippen molar-refractivity contribution < 1.29 is 18.3 Å². The first-order valence-electron chi connectivity index (χ1n) is 5.87. The molecule has 0 unspecified atom stereocenters. The summed E-state index contributed by atoms with van der Waals surface area (Å²) in [5.74, 6) is 0.677. The lowest BCUT2D eigenvalue weighted by atomic mass is 10.0. The van der Waals surface area contributed by atoms with E-state index >= 15 is 0 Å². The van der Waals surface area contributed by atoms with Gasteiger partial charge in [0.15, 0.2) is 11.5 Å². The van der Waals surface area contributed by atoms with E-state index in [1.165, 1.54) is 7.11 Å². The smallest absolute Gasteiger partial charge is 0.387 e. The Kier molecular flexibility index (Phi) is 6.28. The first kappa shape index (κ1) is 16.0. The number of rotatable bonds is 6. The Morgan fingerprint density at radius 2 is 2.05 bits per heavy atom. The maximum absolute atomic E-state index is 12.5. The van der Waals surface area contributed by atoms with Crippen LogP contribution in [0.25, 0.3) is 6.08 Å². The van der Waals surface area contributed by atoms with Gasteiger partial charge in [-0.1, -0.05) is 53.6 Å². The molecule has 1 aromatic rings. The average Bonchev–Trinajstić information content (AvgIpc) is 2.36. The molecule has 1 rings (SSSR count). The van der Waals surface area contributed by atoms with Gasteiger partial charge in [0, 0.05) is 10.9 Å². The lowest BCUT2D eigenvalue weighted by molar-refractivity contribution is -0.0513. The maximum Gasteiger partial charge on any atom is 0.387 e. The van der Waals surface area contributed by atoms with E-state index < -0.39 is 6.61 Å². The van der Waals surface area contributed by atoms with Crippen LogP contribution in [0.4, 0.5) is 8.78 Å². The molecule has 0 aliphatic carbocycles. The number of hydrogen-bond acceptors (Lipinski definition) is 2. The van der Waals surface area contributed by atoms with E-state index in [1.807, 2.05) is 19.9 Å². The minimum Gasteiger partial charge on any atom is -0.493 e. The summed E-state index contributed by atoms with van der Waals surface area (Å²) in [6.07, 6.45) is 1.85. The van der Waals surface area contributed by atoms with E-state index in [-0.39, 0.29) is 5.75 Å². The number of hydrogen-bond donors (Lipinski definition) is 0. The van der Waals surface area contributed by atoms with Gasteiger partial charge in [-0.3, -0.25) is 0 Å². The van der Waals surface area contributed by atoms with Crippen LogP contribution in [0.5, 0.6) is 11.5 Å². The summed E-state index contributed by atoms with van der Waals surface area (Å²) in [6.45, 7) is 1.21. The van der Waals surface area contributed by atoms with Crippen LogP contribution in [0.3, 0.4) is 0 Å². The third kappa shape index (κ3) is 4.49. The van der Waals surface area contributed by atoms with E-state index in [9.17, 15) is 8.78 Å². The Bertz CT molecular complexity index is 445. The Hall–Kier alpha value is -1.10. The molecule has 0 bridgehead atoms. The quantitative estimate of drug-likeness (QED) is 0.700. The second-order valence-corrected chi connectivity index (χ2v) is 4.83. The summed E-state index contributed by atoms with van der Waals surface area (Å²) in [5.41, 5.74) is 1.68. The van der Waals surface area contributed by atoms with Crippen LogP contribution in [0.15, 0.2) is 23.8 Å². The molecular formula is C14H17BrF2O2. The molecule has 2 nitrogen and oxygen atoms in total. The van der Waals surface area contributed by atoms with Crippen LogP contribution in [0.2, 0.25) is 0 Å². The molecule has 0 amide bonds. The van der Waals surface area contributed by atoms with E-state index in [2.05, 4.69) is 20.7 Å². The summed E-state index contributed by atoms with van der Waals surface area (Å²) >= 11 is 3.40. The van der Waals surface area contributed by atoms with Crippen LogP contribution >= 0.6 is 15.9 Å². The van der Waals surface area contributed by atoms with Gasteiger partial charge in [0.25, 0.3) is 0 Å². The summed E-state index contributed by atoms with van der Waals surface area (Å²) in [4.78, 5) is 0. The summed E-state index contributed by atoms with van der Waals surface area (Å²) in [7, 11) is 1.43. The fourth-order valence-corrected chi connectivity index (χ4v) is 2.39. The van der Waals surface area contributed by atoms with Gasteiger partial charge in [-0.15, -0.1) is 0 Å². The van der Waals surface area contributed by atoms with Gasteiger partial charge in [-0.25, -0.2) is 0 Å². The predicted octanol–water partition coefficient (Wildman–Crippen LogP) is 4.73. The minimum absolute atomic E-state index is 0.0686. The zero-order valence-electron chi connectivity index (χ0n) is 11.1. The summed E-state index contributed by atoms with van der Waals surface area (Å²) in [6, 6.07) is 5.07. The van der Waals surface area contributed by atoms with E-state index in [4.69, 9.17) is 4.74 Å². The van der Waals surface area contributed by atoms with Crippen molar-refractivity contribution >= 4 is 22.0 Å². The van der Waals surface area contributed by atoms with Gasteiger partial charge < -0.3 is 9.47 Å². The second-order valence-electron chi connectivity index (χ2n) is 4.26. The zero-order valence-corrected chi connectivity index (χ0v) is 12.7. The standard InChI is InChI=1S/C14H17BrF2O2/c1-9(2)11(8-15)7-10-5-4-6-12(18-3)13(10)19-14(16)17/h4-7,9,14H,8H2,1-3H3. The topological polar surface area (TPSA) is 18.5 Å². The molecule has 0 atom stereocenters. The zero-order chi connectivity index (χ0) is 14.4. The molecule has 5 heteroatoms. The SMILES string of the molecule is COc1cccc(C=C(CBr)C(C)C)c1OC(F)F. The van der Waals surface area contributed by atoms with Gasteiger partial charge in [0.05, 0.1) is 7.11 Å². The third-order valence-corrected chi connectivity index (χ3v) is 3.32. The number of methoxy groups -OCH3 is 1. The maximum atomic E-state index is 12.5. The van der Waals surface area contributed by atoms with Crippen molar-refractivity contribution in [2.75, 3.05) is 12.4 Å². The molecular weight excluding hydrogens is 318 g/mol. The fraction of sp³-hybridized carbons (Fsp3) is 0.429. The molecule has 19 heavy (non-hydrogen) atoms. The first-order valence-corrected chi connectivity index (χ1v) is 7.00. The molecule has 0 heterocycles. The molecule has 106 valence electrons. The first-order chi connectivity index (χ1) is 8.99. The van der Waals surface area contributed by atoms with Gasteiger partial charge >= 0.3 is 6.61 Å². The van der Waals surface area contributed by atoms with E-state index in [0.717, 1.165) is 5.57 Å².